The van der Waals surface area contributed by atoms with Gasteiger partial charge in [-0.3, -0.25) is 0 Å². The predicted octanol–water partition coefficient (Wildman–Crippen LogP) is 3.49. The molecule has 0 bridgehead atoms. The van der Waals surface area contributed by atoms with Gasteiger partial charge in [-0.05, 0) is 40.7 Å². The number of likely N-dealkylation sites (tertiary alicyclic amines) is 1. The summed E-state index contributed by atoms with van der Waals surface area (Å²) >= 11 is 1.60. The molecule has 1 atom stereocenters. The molecule has 22 heavy (non-hydrogen) atoms. The van der Waals surface area contributed by atoms with Crippen LogP contribution < -0.4 is 5.32 Å². The molecule has 6 heteroatoms. The van der Waals surface area contributed by atoms with Gasteiger partial charge in [-0.15, -0.1) is 11.3 Å². The van der Waals surface area contributed by atoms with E-state index >= 15 is 0 Å². The van der Waals surface area contributed by atoms with Crippen LogP contribution in [0.5, 0.6) is 0 Å². The van der Waals surface area contributed by atoms with E-state index in [9.17, 15) is 0 Å². The molecule has 118 valence electrons. The summed E-state index contributed by atoms with van der Waals surface area (Å²) in [5.41, 5.74) is 2.17. The molecule has 2 aromatic heterocycles. The standard InChI is InChI=1S/C16H23N5S/c1-10(2)21-6-5-13(8-21)14-7-15(19-12(4)18-14)20-16-17-11(3)9-22-16/h7,9-10,13H,5-6,8H2,1-4H3,(H,17,18,19,20)/t13-/m0/s1. The highest BCUT2D eigenvalue weighted by Crippen LogP contribution is 2.29. The summed E-state index contributed by atoms with van der Waals surface area (Å²) in [5, 5.41) is 6.23. The molecule has 1 aliphatic rings. The Labute approximate surface area is 135 Å². The van der Waals surface area contributed by atoms with Crippen LogP contribution in [0.25, 0.3) is 0 Å². The van der Waals surface area contributed by atoms with E-state index in [-0.39, 0.29) is 0 Å². The number of thiazole rings is 1. The normalized spacial score (nSPS) is 19.0. The average Bonchev–Trinajstić information content (AvgIpc) is 3.07. The van der Waals surface area contributed by atoms with Crippen LogP contribution in [0, 0.1) is 13.8 Å². The van der Waals surface area contributed by atoms with E-state index in [1.165, 1.54) is 6.42 Å². The molecule has 0 amide bonds. The van der Waals surface area contributed by atoms with Crippen LogP contribution in [0.1, 0.15) is 43.4 Å². The fraction of sp³-hybridized carbons (Fsp3) is 0.562. The highest BCUT2D eigenvalue weighted by atomic mass is 32.1. The maximum atomic E-state index is 4.66. The molecular formula is C16H23N5S. The minimum Gasteiger partial charge on any atom is -0.316 e. The van der Waals surface area contributed by atoms with Crippen LogP contribution >= 0.6 is 11.3 Å². The summed E-state index contributed by atoms with van der Waals surface area (Å²) in [7, 11) is 0. The molecule has 0 saturated carbocycles. The number of nitrogens with one attached hydrogen (secondary N) is 1. The Balaban J connectivity index is 1.78. The topological polar surface area (TPSA) is 53.9 Å². The second-order valence-corrected chi connectivity index (χ2v) is 7.08. The lowest BCUT2D eigenvalue weighted by molar-refractivity contribution is 0.272. The molecular weight excluding hydrogens is 294 g/mol. The van der Waals surface area contributed by atoms with Gasteiger partial charge in [0.05, 0.1) is 11.4 Å². The largest absolute Gasteiger partial charge is 0.316 e. The molecule has 0 aromatic carbocycles. The van der Waals surface area contributed by atoms with Gasteiger partial charge in [-0.2, -0.15) is 0 Å². The first-order valence-electron chi connectivity index (χ1n) is 7.80. The van der Waals surface area contributed by atoms with Crippen molar-refractivity contribution in [2.45, 2.75) is 46.1 Å². The molecule has 2 aromatic rings. The van der Waals surface area contributed by atoms with Gasteiger partial charge >= 0.3 is 0 Å². The summed E-state index contributed by atoms with van der Waals surface area (Å²) in [5.74, 6) is 2.17. The summed E-state index contributed by atoms with van der Waals surface area (Å²) in [6, 6.07) is 2.68. The Morgan fingerprint density at radius 1 is 1.27 bits per heavy atom. The van der Waals surface area contributed by atoms with Crippen molar-refractivity contribution in [1.29, 1.82) is 0 Å². The zero-order valence-electron chi connectivity index (χ0n) is 13.6. The number of hydrogen-bond donors (Lipinski definition) is 1. The summed E-state index contributed by atoms with van der Waals surface area (Å²) in [4.78, 5) is 16.1. The van der Waals surface area contributed by atoms with Crippen molar-refractivity contribution in [3.05, 3.63) is 28.7 Å². The van der Waals surface area contributed by atoms with Gasteiger partial charge in [0.2, 0.25) is 0 Å². The van der Waals surface area contributed by atoms with Crippen LogP contribution in [0.4, 0.5) is 10.9 Å². The zero-order chi connectivity index (χ0) is 15.7. The fourth-order valence-electron chi connectivity index (χ4n) is 2.88. The van der Waals surface area contributed by atoms with Crippen molar-refractivity contribution in [3.63, 3.8) is 0 Å². The van der Waals surface area contributed by atoms with Gasteiger partial charge in [-0.25, -0.2) is 15.0 Å². The predicted molar refractivity (Wildman–Crippen MR) is 91.0 cm³/mol. The van der Waals surface area contributed by atoms with Crippen molar-refractivity contribution in [3.8, 4) is 0 Å². The Hall–Kier alpha value is -1.53. The van der Waals surface area contributed by atoms with Crippen LogP contribution in [0.15, 0.2) is 11.4 Å². The smallest absolute Gasteiger partial charge is 0.188 e. The molecule has 0 spiro atoms. The molecule has 3 heterocycles. The van der Waals surface area contributed by atoms with Crippen molar-refractivity contribution in [1.82, 2.24) is 19.9 Å². The highest BCUT2D eigenvalue weighted by molar-refractivity contribution is 7.13. The van der Waals surface area contributed by atoms with Crippen molar-refractivity contribution >= 4 is 22.3 Å². The Bertz CT molecular complexity index is 652. The maximum absolute atomic E-state index is 4.66. The lowest BCUT2D eigenvalue weighted by Gasteiger charge is -2.20. The molecule has 0 aliphatic carbocycles. The van der Waals surface area contributed by atoms with Crippen molar-refractivity contribution in [2.75, 3.05) is 18.4 Å². The van der Waals surface area contributed by atoms with Crippen LogP contribution in [0.3, 0.4) is 0 Å². The number of aryl methyl sites for hydroxylation is 2. The number of aromatic nitrogens is 3. The molecule has 5 nitrogen and oxygen atoms in total. The Morgan fingerprint density at radius 2 is 2.09 bits per heavy atom. The SMILES string of the molecule is Cc1csc(Nc2cc([C@H]3CCN(C(C)C)C3)nc(C)n2)n1. The lowest BCUT2D eigenvalue weighted by Crippen LogP contribution is -2.28. The van der Waals surface area contributed by atoms with Gasteiger partial charge in [0, 0.05) is 30.0 Å². The molecule has 0 unspecified atom stereocenters. The van der Waals surface area contributed by atoms with Gasteiger partial charge in [-0.1, -0.05) is 0 Å². The molecule has 1 saturated heterocycles. The van der Waals surface area contributed by atoms with E-state index in [1.54, 1.807) is 11.3 Å². The number of rotatable bonds is 4. The second kappa shape index (κ2) is 6.30. The summed E-state index contributed by atoms with van der Waals surface area (Å²) in [6.45, 7) is 10.7. The number of hydrogen-bond acceptors (Lipinski definition) is 6. The molecule has 1 aliphatic heterocycles. The minimum absolute atomic E-state index is 0.502. The zero-order valence-corrected chi connectivity index (χ0v) is 14.4. The van der Waals surface area contributed by atoms with Gasteiger partial charge in [0.1, 0.15) is 11.6 Å². The quantitative estimate of drug-likeness (QED) is 0.935. The third-order valence-corrected chi connectivity index (χ3v) is 4.96. The first-order valence-corrected chi connectivity index (χ1v) is 8.68. The third kappa shape index (κ3) is 3.44. The van der Waals surface area contributed by atoms with E-state index in [0.29, 0.717) is 12.0 Å². The number of nitrogens with zero attached hydrogens (tertiary/aromatic N) is 4. The number of anilines is 2. The fourth-order valence-corrected chi connectivity index (χ4v) is 3.58. The highest BCUT2D eigenvalue weighted by Gasteiger charge is 2.26. The van der Waals surface area contributed by atoms with E-state index in [0.717, 1.165) is 41.3 Å². The molecule has 1 N–H and O–H groups in total. The van der Waals surface area contributed by atoms with Crippen LogP contribution in [0.2, 0.25) is 0 Å². The third-order valence-electron chi connectivity index (χ3n) is 4.08. The molecule has 1 fully saturated rings. The molecule has 3 rings (SSSR count). The second-order valence-electron chi connectivity index (χ2n) is 6.22. The van der Waals surface area contributed by atoms with Crippen LogP contribution in [-0.4, -0.2) is 39.0 Å². The van der Waals surface area contributed by atoms with E-state index in [1.807, 2.05) is 19.2 Å². The minimum atomic E-state index is 0.502. The molecule has 0 radical (unpaired) electrons. The summed E-state index contributed by atoms with van der Waals surface area (Å²) in [6.07, 6.45) is 1.17. The average molecular weight is 317 g/mol. The lowest BCUT2D eigenvalue weighted by atomic mass is 10.0. The van der Waals surface area contributed by atoms with Gasteiger partial charge < -0.3 is 10.2 Å². The summed E-state index contributed by atoms with van der Waals surface area (Å²) < 4.78 is 0. The Kier molecular flexibility index (Phi) is 4.40. The maximum Gasteiger partial charge on any atom is 0.188 e. The van der Waals surface area contributed by atoms with Gasteiger partial charge in [0.25, 0.3) is 0 Å². The van der Waals surface area contributed by atoms with Crippen molar-refractivity contribution < 1.29 is 0 Å². The van der Waals surface area contributed by atoms with E-state index in [4.69, 9.17) is 0 Å². The monoisotopic (exact) mass is 317 g/mol. The van der Waals surface area contributed by atoms with Crippen LogP contribution in [-0.2, 0) is 0 Å². The van der Waals surface area contributed by atoms with Gasteiger partial charge in [0.15, 0.2) is 5.13 Å². The first kappa shape index (κ1) is 15.4. The Morgan fingerprint density at radius 3 is 2.73 bits per heavy atom. The van der Waals surface area contributed by atoms with Crippen molar-refractivity contribution in [2.24, 2.45) is 0 Å². The van der Waals surface area contributed by atoms with E-state index < -0.39 is 0 Å². The first-order chi connectivity index (χ1) is 10.5. The van der Waals surface area contributed by atoms with E-state index in [2.05, 4.69) is 45.1 Å².